The van der Waals surface area contributed by atoms with Crippen LogP contribution in [-0.4, -0.2) is 18.6 Å². The van der Waals surface area contributed by atoms with Crippen LogP contribution < -0.4 is 14.8 Å². The van der Waals surface area contributed by atoms with Crippen molar-refractivity contribution in [2.45, 2.75) is 26.4 Å². The molecular weight excluding hydrogens is 318 g/mol. The Morgan fingerprint density at radius 3 is 2.92 bits per heavy atom. The Balaban J connectivity index is 1.65. The van der Waals surface area contributed by atoms with Gasteiger partial charge in [0.2, 0.25) is 0 Å². The molecule has 0 radical (unpaired) electrons. The van der Waals surface area contributed by atoms with Crippen molar-refractivity contribution in [2.24, 2.45) is 0 Å². The van der Waals surface area contributed by atoms with Gasteiger partial charge in [0.05, 0.1) is 12.3 Å². The van der Waals surface area contributed by atoms with Gasteiger partial charge in [-0.3, -0.25) is 4.79 Å². The second kappa shape index (κ2) is 6.16. The van der Waals surface area contributed by atoms with E-state index < -0.39 is 0 Å². The molecule has 5 nitrogen and oxygen atoms in total. The summed E-state index contributed by atoms with van der Waals surface area (Å²) < 4.78 is 17.1. The van der Waals surface area contributed by atoms with Gasteiger partial charge in [0.1, 0.15) is 23.2 Å². The molecule has 4 rings (SSSR count). The number of carbonyl (C=O) groups excluding carboxylic acids is 1. The van der Waals surface area contributed by atoms with E-state index in [4.69, 9.17) is 13.9 Å². The maximum Gasteiger partial charge on any atom is 0.291 e. The van der Waals surface area contributed by atoms with Crippen LogP contribution in [0.2, 0.25) is 0 Å². The highest BCUT2D eigenvalue weighted by atomic mass is 16.5. The van der Waals surface area contributed by atoms with Crippen molar-refractivity contribution in [3.05, 3.63) is 53.8 Å². The van der Waals surface area contributed by atoms with Gasteiger partial charge in [0.15, 0.2) is 5.76 Å². The Hall–Kier alpha value is -2.95. The first kappa shape index (κ1) is 15.6. The molecule has 128 valence electrons. The lowest BCUT2D eigenvalue weighted by atomic mass is 10.1. The number of hydrogen-bond acceptors (Lipinski definition) is 4. The van der Waals surface area contributed by atoms with E-state index in [-0.39, 0.29) is 17.8 Å². The van der Waals surface area contributed by atoms with Crippen LogP contribution in [0.4, 0.5) is 5.69 Å². The van der Waals surface area contributed by atoms with Crippen molar-refractivity contribution in [3.63, 3.8) is 0 Å². The number of rotatable bonds is 4. The molecule has 0 saturated heterocycles. The molecule has 1 aliphatic rings. The maximum absolute atomic E-state index is 12.6. The van der Waals surface area contributed by atoms with E-state index in [0.29, 0.717) is 23.6 Å². The highest BCUT2D eigenvalue weighted by Crippen LogP contribution is 2.38. The van der Waals surface area contributed by atoms with E-state index in [1.54, 1.807) is 6.07 Å². The van der Waals surface area contributed by atoms with Crippen LogP contribution in [0.3, 0.4) is 0 Å². The van der Waals surface area contributed by atoms with Gasteiger partial charge in [-0.25, -0.2) is 0 Å². The molecule has 3 aromatic rings. The van der Waals surface area contributed by atoms with Crippen molar-refractivity contribution in [3.8, 4) is 11.5 Å². The number of hydrogen-bond donors (Lipinski definition) is 1. The average Bonchev–Trinajstić information content (AvgIpc) is 3.17. The summed E-state index contributed by atoms with van der Waals surface area (Å²) in [6, 6.07) is 13.0. The largest absolute Gasteiger partial charge is 0.492 e. The standard InChI is InChI=1S/C20H19NO4/c1-3-23-18-10-14-8-12(2)24-17(14)11-15(18)21-20(22)19-9-13-6-4-5-7-16(13)25-19/h4-7,9-12H,3,8H2,1-2H3,(H,21,22). The second-order valence-electron chi connectivity index (χ2n) is 6.12. The molecule has 2 aromatic carbocycles. The summed E-state index contributed by atoms with van der Waals surface area (Å²) in [5.41, 5.74) is 2.36. The molecule has 25 heavy (non-hydrogen) atoms. The number of para-hydroxylation sites is 1. The zero-order valence-corrected chi connectivity index (χ0v) is 14.2. The minimum Gasteiger partial charge on any atom is -0.492 e. The zero-order chi connectivity index (χ0) is 17.4. The van der Waals surface area contributed by atoms with E-state index in [9.17, 15) is 4.79 Å². The predicted molar refractivity (Wildman–Crippen MR) is 95.6 cm³/mol. The number of anilines is 1. The second-order valence-corrected chi connectivity index (χ2v) is 6.12. The number of furan rings is 1. The molecule has 5 heteroatoms. The molecule has 1 amide bonds. The van der Waals surface area contributed by atoms with Crippen LogP contribution in [0, 0.1) is 0 Å². The molecule has 0 aliphatic carbocycles. The van der Waals surface area contributed by atoms with Crippen LogP contribution in [-0.2, 0) is 6.42 Å². The van der Waals surface area contributed by atoms with Gasteiger partial charge in [0, 0.05) is 23.4 Å². The minimum atomic E-state index is -0.317. The normalized spacial score (nSPS) is 15.7. The Kier molecular flexibility index (Phi) is 3.84. The zero-order valence-electron chi connectivity index (χ0n) is 14.2. The molecule has 0 fully saturated rings. The van der Waals surface area contributed by atoms with E-state index in [1.807, 2.05) is 50.2 Å². The summed E-state index contributed by atoms with van der Waals surface area (Å²) in [7, 11) is 0. The van der Waals surface area contributed by atoms with Gasteiger partial charge < -0.3 is 19.2 Å². The van der Waals surface area contributed by atoms with Crippen LogP contribution in [0.25, 0.3) is 11.0 Å². The molecular formula is C20H19NO4. The fourth-order valence-electron chi connectivity index (χ4n) is 3.09. The Labute approximate surface area is 145 Å². The lowest BCUT2D eigenvalue weighted by Gasteiger charge is -2.13. The van der Waals surface area contributed by atoms with Crippen molar-refractivity contribution in [1.29, 1.82) is 0 Å². The topological polar surface area (TPSA) is 60.7 Å². The number of benzene rings is 2. The number of fused-ring (bicyclic) bond motifs is 2. The molecule has 1 N–H and O–H groups in total. The highest BCUT2D eigenvalue weighted by Gasteiger charge is 2.23. The average molecular weight is 337 g/mol. The summed E-state index contributed by atoms with van der Waals surface area (Å²) in [6.45, 7) is 4.45. The smallest absolute Gasteiger partial charge is 0.291 e. The Morgan fingerprint density at radius 2 is 2.12 bits per heavy atom. The van der Waals surface area contributed by atoms with Gasteiger partial charge in [0.25, 0.3) is 5.91 Å². The summed E-state index contributed by atoms with van der Waals surface area (Å²) in [4.78, 5) is 12.6. The molecule has 0 saturated carbocycles. The van der Waals surface area contributed by atoms with Gasteiger partial charge in [-0.05, 0) is 32.0 Å². The van der Waals surface area contributed by atoms with E-state index in [0.717, 1.165) is 23.1 Å². The minimum absolute atomic E-state index is 0.130. The lowest BCUT2D eigenvalue weighted by Crippen LogP contribution is -2.12. The van der Waals surface area contributed by atoms with E-state index in [1.165, 1.54) is 0 Å². The molecule has 1 aliphatic heterocycles. The molecule has 1 aromatic heterocycles. The first-order chi connectivity index (χ1) is 12.1. The fraction of sp³-hybridized carbons (Fsp3) is 0.250. The van der Waals surface area contributed by atoms with Crippen LogP contribution in [0.15, 0.2) is 46.9 Å². The number of nitrogens with one attached hydrogen (secondary N) is 1. The van der Waals surface area contributed by atoms with Crippen molar-refractivity contribution in [2.75, 3.05) is 11.9 Å². The molecule has 0 spiro atoms. The molecule has 2 heterocycles. The summed E-state index contributed by atoms with van der Waals surface area (Å²) in [6.07, 6.45) is 0.971. The third-order valence-corrected chi connectivity index (χ3v) is 4.20. The summed E-state index contributed by atoms with van der Waals surface area (Å²) in [5, 5.41) is 3.77. The van der Waals surface area contributed by atoms with Crippen molar-refractivity contribution >= 4 is 22.6 Å². The van der Waals surface area contributed by atoms with Crippen molar-refractivity contribution in [1.82, 2.24) is 0 Å². The molecule has 1 unspecified atom stereocenters. The third kappa shape index (κ3) is 2.93. The van der Waals surface area contributed by atoms with E-state index >= 15 is 0 Å². The van der Waals surface area contributed by atoms with Gasteiger partial charge >= 0.3 is 0 Å². The SMILES string of the molecule is CCOc1cc2c(cc1NC(=O)c1cc3ccccc3o1)OC(C)C2. The van der Waals surface area contributed by atoms with E-state index in [2.05, 4.69) is 5.32 Å². The van der Waals surface area contributed by atoms with Crippen LogP contribution in [0.1, 0.15) is 30.0 Å². The van der Waals surface area contributed by atoms with Gasteiger partial charge in [-0.1, -0.05) is 18.2 Å². The maximum atomic E-state index is 12.6. The highest BCUT2D eigenvalue weighted by molar-refractivity contribution is 6.05. The number of carbonyl (C=O) groups is 1. The lowest BCUT2D eigenvalue weighted by molar-refractivity contribution is 0.0998. The van der Waals surface area contributed by atoms with Gasteiger partial charge in [-0.2, -0.15) is 0 Å². The van der Waals surface area contributed by atoms with Crippen LogP contribution >= 0.6 is 0 Å². The number of ether oxygens (including phenoxy) is 2. The van der Waals surface area contributed by atoms with Gasteiger partial charge in [-0.15, -0.1) is 0 Å². The monoisotopic (exact) mass is 337 g/mol. The summed E-state index contributed by atoms with van der Waals surface area (Å²) in [5.74, 6) is 1.38. The molecule has 1 atom stereocenters. The third-order valence-electron chi connectivity index (χ3n) is 4.20. The Bertz CT molecular complexity index is 911. The molecule has 0 bridgehead atoms. The summed E-state index contributed by atoms with van der Waals surface area (Å²) >= 11 is 0. The quantitative estimate of drug-likeness (QED) is 0.766. The fourth-order valence-corrected chi connectivity index (χ4v) is 3.09. The van der Waals surface area contributed by atoms with Crippen molar-refractivity contribution < 1.29 is 18.7 Å². The first-order valence-electron chi connectivity index (χ1n) is 8.40. The number of amides is 1. The predicted octanol–water partition coefficient (Wildman–Crippen LogP) is 4.41. The first-order valence-corrected chi connectivity index (χ1v) is 8.40. The van der Waals surface area contributed by atoms with Crippen LogP contribution in [0.5, 0.6) is 11.5 Å². The Morgan fingerprint density at radius 1 is 1.28 bits per heavy atom.